The number of aryl methyl sites for hydroxylation is 2. The Bertz CT molecular complexity index is 1190. The predicted octanol–water partition coefficient (Wildman–Crippen LogP) is 10.8. The normalized spacial score (nSPS) is 16.6. The molecule has 0 fully saturated rings. The minimum atomic E-state index is 1.19. The third-order valence-electron chi connectivity index (χ3n) is 8.04. The van der Waals surface area contributed by atoms with Crippen LogP contribution in [0.2, 0.25) is 0 Å². The van der Waals surface area contributed by atoms with Crippen molar-refractivity contribution in [3.05, 3.63) is 73.1 Å². The molecule has 5 rings (SSSR count). The van der Waals surface area contributed by atoms with Crippen LogP contribution in [0.5, 0.6) is 0 Å². The van der Waals surface area contributed by atoms with Crippen LogP contribution in [0, 0.1) is 0 Å². The zero-order valence-corrected chi connectivity index (χ0v) is 24.5. The lowest BCUT2D eigenvalue weighted by molar-refractivity contribution is 0.609. The van der Waals surface area contributed by atoms with Crippen LogP contribution in [0.15, 0.2) is 41.8 Å². The largest absolute Gasteiger partial charge is 0.372 e. The lowest BCUT2D eigenvalue weighted by Crippen LogP contribution is -2.25. The van der Waals surface area contributed by atoms with E-state index in [0.29, 0.717) is 0 Å². The molecule has 196 valence electrons. The first-order valence-electron chi connectivity index (χ1n) is 14.7. The van der Waals surface area contributed by atoms with E-state index < -0.39 is 0 Å². The SMILES string of the molecule is CCCCCCN(CCCCCC)c1ccc(/C=C/c2cc3c(s2)/C(=C2\CCc4ccsc42)CC3)cc1. The highest BCUT2D eigenvalue weighted by molar-refractivity contribution is 7.14. The number of hydrogen-bond donors (Lipinski definition) is 0. The molecule has 0 amide bonds. The van der Waals surface area contributed by atoms with Crippen LogP contribution in [0.3, 0.4) is 0 Å². The molecule has 2 aliphatic carbocycles. The Balaban J connectivity index is 1.24. The molecule has 1 nitrogen and oxygen atoms in total. The number of nitrogens with zero attached hydrogens (tertiary/aromatic N) is 1. The Morgan fingerprint density at radius 2 is 1.38 bits per heavy atom. The van der Waals surface area contributed by atoms with Crippen molar-refractivity contribution in [3.8, 4) is 0 Å². The Morgan fingerprint density at radius 3 is 2.08 bits per heavy atom. The van der Waals surface area contributed by atoms with Crippen LogP contribution in [0.25, 0.3) is 23.3 Å². The molecule has 0 saturated heterocycles. The first-order chi connectivity index (χ1) is 18.3. The van der Waals surface area contributed by atoms with E-state index in [1.54, 1.807) is 32.0 Å². The van der Waals surface area contributed by atoms with Gasteiger partial charge in [0.1, 0.15) is 0 Å². The second-order valence-corrected chi connectivity index (χ2v) is 12.8. The molecule has 2 aromatic heterocycles. The molecule has 0 radical (unpaired) electrons. The average molecular weight is 530 g/mol. The van der Waals surface area contributed by atoms with E-state index in [-0.39, 0.29) is 0 Å². The standard InChI is InChI=1S/C34H43NS2/c1-3-5-7-9-22-35(23-10-8-6-4-2)29-16-11-26(12-17-29)13-18-30-25-28-15-20-32(34(28)37-30)31-19-14-27-21-24-36-33(27)31/h11-13,16-18,21,24-25H,3-10,14-15,19-20,22-23H2,1-2H3/b18-13+,32-31+. The van der Waals surface area contributed by atoms with Crippen molar-refractivity contribution in [2.45, 2.75) is 90.9 Å². The maximum absolute atomic E-state index is 2.62. The summed E-state index contributed by atoms with van der Waals surface area (Å²) >= 11 is 3.94. The summed E-state index contributed by atoms with van der Waals surface area (Å²) in [5.74, 6) is 0. The summed E-state index contributed by atoms with van der Waals surface area (Å²) in [4.78, 5) is 7.15. The van der Waals surface area contributed by atoms with E-state index in [4.69, 9.17) is 0 Å². The van der Waals surface area contributed by atoms with Gasteiger partial charge in [0.2, 0.25) is 0 Å². The van der Waals surface area contributed by atoms with E-state index in [2.05, 4.69) is 72.7 Å². The lowest BCUT2D eigenvalue weighted by Gasteiger charge is -2.25. The summed E-state index contributed by atoms with van der Waals surface area (Å²) < 4.78 is 0. The molecular weight excluding hydrogens is 487 g/mol. The van der Waals surface area contributed by atoms with Crippen molar-refractivity contribution in [3.63, 3.8) is 0 Å². The molecule has 0 bridgehead atoms. The number of fused-ring (bicyclic) bond motifs is 2. The number of allylic oxidation sites excluding steroid dienone is 2. The molecule has 0 aliphatic heterocycles. The quantitative estimate of drug-likeness (QED) is 0.199. The van der Waals surface area contributed by atoms with Crippen molar-refractivity contribution >= 4 is 51.7 Å². The van der Waals surface area contributed by atoms with Crippen LogP contribution in [-0.2, 0) is 12.8 Å². The fourth-order valence-electron chi connectivity index (χ4n) is 5.90. The number of hydrogen-bond acceptors (Lipinski definition) is 3. The summed E-state index contributed by atoms with van der Waals surface area (Å²) in [6, 6.07) is 14.1. The van der Waals surface area contributed by atoms with E-state index in [0.717, 1.165) is 0 Å². The molecule has 0 spiro atoms. The Labute approximate surface area is 232 Å². The van der Waals surface area contributed by atoms with Crippen molar-refractivity contribution in [2.24, 2.45) is 0 Å². The van der Waals surface area contributed by atoms with Crippen molar-refractivity contribution in [1.82, 2.24) is 0 Å². The van der Waals surface area contributed by atoms with Gasteiger partial charge in [-0.25, -0.2) is 0 Å². The highest BCUT2D eigenvalue weighted by Crippen LogP contribution is 2.48. The molecule has 3 heteroatoms. The van der Waals surface area contributed by atoms with Gasteiger partial charge in [-0.05, 0) is 102 Å². The van der Waals surface area contributed by atoms with Gasteiger partial charge >= 0.3 is 0 Å². The smallest absolute Gasteiger partial charge is 0.0366 e. The van der Waals surface area contributed by atoms with Gasteiger partial charge in [0.15, 0.2) is 0 Å². The average Bonchev–Trinajstić information content (AvgIpc) is 3.69. The van der Waals surface area contributed by atoms with Crippen molar-refractivity contribution in [1.29, 1.82) is 0 Å². The minimum Gasteiger partial charge on any atom is -0.372 e. The fourth-order valence-corrected chi connectivity index (χ4v) is 8.17. The van der Waals surface area contributed by atoms with Crippen LogP contribution in [-0.4, -0.2) is 13.1 Å². The highest BCUT2D eigenvalue weighted by Gasteiger charge is 2.27. The second kappa shape index (κ2) is 13.1. The minimum absolute atomic E-state index is 1.19. The molecule has 0 atom stereocenters. The predicted molar refractivity (Wildman–Crippen MR) is 168 cm³/mol. The summed E-state index contributed by atoms with van der Waals surface area (Å²) in [5, 5.41) is 2.27. The van der Waals surface area contributed by atoms with Gasteiger partial charge < -0.3 is 4.90 Å². The van der Waals surface area contributed by atoms with Crippen LogP contribution < -0.4 is 4.90 Å². The monoisotopic (exact) mass is 529 g/mol. The highest BCUT2D eigenvalue weighted by atomic mass is 32.1. The van der Waals surface area contributed by atoms with E-state index in [1.165, 1.54) is 106 Å². The maximum atomic E-state index is 2.62. The van der Waals surface area contributed by atoms with Gasteiger partial charge in [-0.15, -0.1) is 22.7 Å². The molecule has 3 aromatic rings. The van der Waals surface area contributed by atoms with Gasteiger partial charge in [-0.2, -0.15) is 0 Å². The van der Waals surface area contributed by atoms with E-state index in [9.17, 15) is 0 Å². The number of benzene rings is 1. The van der Waals surface area contributed by atoms with Gasteiger partial charge in [-0.3, -0.25) is 0 Å². The summed E-state index contributed by atoms with van der Waals surface area (Å²) in [6.45, 7) is 6.97. The number of anilines is 1. The zero-order chi connectivity index (χ0) is 25.5. The van der Waals surface area contributed by atoms with Crippen molar-refractivity contribution in [2.75, 3.05) is 18.0 Å². The maximum Gasteiger partial charge on any atom is 0.0366 e. The first-order valence-corrected chi connectivity index (χ1v) is 16.4. The molecular formula is C34H43NS2. The van der Waals surface area contributed by atoms with E-state index >= 15 is 0 Å². The van der Waals surface area contributed by atoms with E-state index in [1.807, 2.05) is 22.7 Å². The molecule has 2 aliphatic rings. The molecule has 0 N–H and O–H groups in total. The van der Waals surface area contributed by atoms with Crippen LogP contribution >= 0.6 is 22.7 Å². The van der Waals surface area contributed by atoms with Gasteiger partial charge in [0.05, 0.1) is 0 Å². The number of rotatable bonds is 13. The molecule has 0 saturated carbocycles. The first kappa shape index (κ1) is 26.5. The molecule has 0 unspecified atom stereocenters. The van der Waals surface area contributed by atoms with Gasteiger partial charge in [-0.1, -0.05) is 70.6 Å². The Morgan fingerprint density at radius 1 is 0.703 bits per heavy atom. The Hall–Kier alpha value is -2.10. The number of thiophene rings is 2. The molecule has 1 aromatic carbocycles. The van der Waals surface area contributed by atoms with Crippen LogP contribution in [0.1, 0.15) is 109 Å². The van der Waals surface area contributed by atoms with Gasteiger partial charge in [0.25, 0.3) is 0 Å². The summed E-state index contributed by atoms with van der Waals surface area (Å²) in [7, 11) is 0. The third kappa shape index (κ3) is 6.49. The summed E-state index contributed by atoms with van der Waals surface area (Å²) in [6.07, 6.45) is 20.2. The zero-order valence-electron chi connectivity index (χ0n) is 22.9. The summed E-state index contributed by atoms with van der Waals surface area (Å²) in [5.41, 5.74) is 9.11. The molecule has 2 heterocycles. The number of unbranched alkanes of at least 4 members (excludes halogenated alkanes) is 6. The van der Waals surface area contributed by atoms with Gasteiger partial charge in [0, 0.05) is 33.4 Å². The molecule has 37 heavy (non-hydrogen) atoms. The Kier molecular flexibility index (Phi) is 9.39. The second-order valence-electron chi connectivity index (χ2n) is 10.8. The van der Waals surface area contributed by atoms with Crippen LogP contribution in [0.4, 0.5) is 5.69 Å². The topological polar surface area (TPSA) is 3.24 Å². The van der Waals surface area contributed by atoms with Crippen molar-refractivity contribution < 1.29 is 0 Å². The lowest BCUT2D eigenvalue weighted by atomic mass is 10.1. The third-order valence-corrected chi connectivity index (χ3v) is 10.3. The fraction of sp³-hybridized carbons (Fsp3) is 0.471.